The first kappa shape index (κ1) is 64.2. The molecule has 0 unspecified atom stereocenters. The number of hydrogen-bond acceptors (Lipinski definition) is 22. The molecule has 0 amide bonds. The summed E-state index contributed by atoms with van der Waals surface area (Å²) >= 11 is 1.93. The van der Waals surface area contributed by atoms with Crippen molar-refractivity contribution in [2.24, 2.45) is 35.5 Å². The molecule has 0 N–H and O–H groups in total. The summed E-state index contributed by atoms with van der Waals surface area (Å²) in [6.07, 6.45) is 11.5. The molecule has 82 heavy (non-hydrogen) atoms. The molecule has 0 atom stereocenters. The number of rotatable bonds is 27. The van der Waals surface area contributed by atoms with Crippen molar-refractivity contribution in [2.45, 2.75) is 150 Å². The van der Waals surface area contributed by atoms with Crippen molar-refractivity contribution in [2.75, 3.05) is 39.6 Å². The maximum absolute atomic E-state index is 13.8. The number of ether oxygens (including phenoxy) is 10. The van der Waals surface area contributed by atoms with E-state index in [1.807, 2.05) is 0 Å². The molecule has 5 aliphatic rings. The molecule has 444 valence electrons. The van der Waals surface area contributed by atoms with E-state index in [4.69, 9.17) is 53.9 Å². The lowest BCUT2D eigenvalue weighted by atomic mass is 9.82. The van der Waals surface area contributed by atoms with Crippen LogP contribution in [0.15, 0.2) is 69.8 Å². The van der Waals surface area contributed by atoms with Gasteiger partial charge >= 0.3 is 59.7 Å². The van der Waals surface area contributed by atoms with Gasteiger partial charge in [0.2, 0.25) is 0 Å². The zero-order chi connectivity index (χ0) is 59.0. The number of carbonyl (C=O) groups is 10. The second-order valence-corrected chi connectivity index (χ2v) is 22.7. The van der Waals surface area contributed by atoms with E-state index in [1.165, 1.54) is 12.1 Å². The van der Waals surface area contributed by atoms with Crippen molar-refractivity contribution in [1.82, 2.24) is 0 Å². The number of fused-ring (bicyclic) bond motifs is 1. The molecule has 23 heteroatoms. The van der Waals surface area contributed by atoms with Crippen LogP contribution in [0.25, 0.3) is 4.85 Å². The molecule has 4 aliphatic carbocycles. The summed E-state index contributed by atoms with van der Waals surface area (Å²) in [4.78, 5) is 130. The SMILES string of the molecule is [C-]#[N+]C(C(=O)OCCOC(=O)C=C)=C1Sc2c(OC(=O)C3CCC(OC(=O)C4CCC(C(=O)OCCCCOC(=O)C=C)CC4)CC3)ccc(OC(=O)C3CCC(OC(=O)C4CCC(C(=O)OCCCCOC(=O)C=C)CC4)CC3)c2S1. The Bertz CT molecular complexity index is 2450. The fourth-order valence-electron chi connectivity index (χ4n) is 10.1. The molecule has 0 saturated heterocycles. The summed E-state index contributed by atoms with van der Waals surface area (Å²) < 4.78 is 54.8. The first-order valence-electron chi connectivity index (χ1n) is 28.0. The molecule has 4 fully saturated rings. The second kappa shape index (κ2) is 33.2. The van der Waals surface area contributed by atoms with Gasteiger partial charge in [-0.15, -0.1) is 0 Å². The smallest absolute Gasteiger partial charge is 0.338 e. The van der Waals surface area contributed by atoms with Crippen molar-refractivity contribution in [3.05, 3.63) is 71.4 Å². The summed E-state index contributed by atoms with van der Waals surface area (Å²) in [7, 11) is 0. The predicted octanol–water partition coefficient (Wildman–Crippen LogP) is 8.98. The largest absolute Gasteiger partial charge is 0.467 e. The molecule has 0 bridgehead atoms. The van der Waals surface area contributed by atoms with Gasteiger partial charge in [-0.2, -0.15) is 0 Å². The van der Waals surface area contributed by atoms with E-state index < -0.39 is 65.6 Å². The van der Waals surface area contributed by atoms with Gasteiger partial charge in [-0.1, -0.05) is 43.3 Å². The van der Waals surface area contributed by atoms with Crippen LogP contribution in [0, 0.1) is 42.1 Å². The molecule has 1 aromatic rings. The van der Waals surface area contributed by atoms with E-state index in [-0.39, 0.29) is 103 Å². The minimum Gasteiger partial charge on any atom is -0.467 e. The quantitative estimate of drug-likeness (QED) is 0.0198. The van der Waals surface area contributed by atoms with Crippen LogP contribution in [0.3, 0.4) is 0 Å². The van der Waals surface area contributed by atoms with Crippen LogP contribution in [0.1, 0.15) is 128 Å². The zero-order valence-electron chi connectivity index (χ0n) is 45.9. The van der Waals surface area contributed by atoms with Gasteiger partial charge in [0.25, 0.3) is 5.70 Å². The topological polar surface area (TPSA) is 267 Å². The maximum Gasteiger partial charge on any atom is 0.338 e. The standard InChI is InChI=1S/C59H71NO20S2/c1-5-46(61)71-30-8-10-32-74-52(64)36-12-16-38(17-13-36)54(66)77-42-24-20-40(21-25-42)56(68)79-44-28-29-45(51-50(44)81-59(82-51)49(60-4)58(70)76-35-34-73-48(63)7-3)80-57(69)41-22-26-43(27-23-41)78-55(67)39-18-14-37(15-19-39)53(65)75-33-11-9-31-72-47(62)6-2/h5-7,28-29,36-43H,1-3,8-27,30-35H2. The average molecular weight is 1180 g/mol. The molecular formula is C59H71NO20S2. The summed E-state index contributed by atoms with van der Waals surface area (Å²) in [5, 5.41) is 0. The van der Waals surface area contributed by atoms with E-state index in [1.54, 1.807) is 0 Å². The lowest BCUT2D eigenvalue weighted by Crippen LogP contribution is -2.33. The van der Waals surface area contributed by atoms with Crippen molar-refractivity contribution in [3.63, 3.8) is 0 Å². The Morgan fingerprint density at radius 3 is 1.09 bits per heavy atom. The van der Waals surface area contributed by atoms with Crippen LogP contribution in [-0.4, -0.2) is 112 Å². The molecule has 0 radical (unpaired) electrons. The highest BCUT2D eigenvalue weighted by Crippen LogP contribution is 2.59. The highest BCUT2D eigenvalue weighted by Gasteiger charge is 2.39. The zero-order valence-corrected chi connectivity index (χ0v) is 47.6. The van der Waals surface area contributed by atoms with Gasteiger partial charge in [0.15, 0.2) is 0 Å². The van der Waals surface area contributed by atoms with Crippen LogP contribution in [-0.2, 0) is 85.8 Å². The Morgan fingerprint density at radius 1 is 0.427 bits per heavy atom. The van der Waals surface area contributed by atoms with Crippen LogP contribution in [0.4, 0.5) is 0 Å². The number of thioether (sulfide) groups is 2. The van der Waals surface area contributed by atoms with E-state index in [0.29, 0.717) is 138 Å². The Hall–Kier alpha value is -6.93. The molecule has 6 rings (SSSR count). The van der Waals surface area contributed by atoms with Crippen LogP contribution < -0.4 is 9.47 Å². The van der Waals surface area contributed by atoms with Crippen molar-refractivity contribution < 1.29 is 95.3 Å². The third-order valence-electron chi connectivity index (χ3n) is 14.8. The Labute approximate surface area is 485 Å². The molecule has 1 aromatic carbocycles. The van der Waals surface area contributed by atoms with Crippen molar-refractivity contribution in [1.29, 1.82) is 0 Å². The van der Waals surface area contributed by atoms with Crippen LogP contribution >= 0.6 is 23.5 Å². The average Bonchev–Trinajstić information content (AvgIpc) is 4.16. The highest BCUT2D eigenvalue weighted by atomic mass is 32.2. The Kier molecular flexibility index (Phi) is 26.0. The first-order valence-corrected chi connectivity index (χ1v) is 29.6. The number of nitrogens with zero attached hydrogens (tertiary/aromatic N) is 1. The monoisotopic (exact) mass is 1180 g/mol. The van der Waals surface area contributed by atoms with Gasteiger partial charge < -0.3 is 47.4 Å². The maximum atomic E-state index is 13.8. The number of hydrogen-bond donors (Lipinski definition) is 0. The van der Waals surface area contributed by atoms with Gasteiger partial charge in [-0.25, -0.2) is 19.2 Å². The third-order valence-corrected chi connectivity index (χ3v) is 17.4. The van der Waals surface area contributed by atoms with E-state index in [2.05, 4.69) is 24.6 Å². The fourth-order valence-corrected chi connectivity index (χ4v) is 12.6. The summed E-state index contributed by atoms with van der Waals surface area (Å²) in [6, 6.07) is 2.96. The van der Waals surface area contributed by atoms with E-state index in [0.717, 1.165) is 41.8 Å². The highest BCUT2D eigenvalue weighted by molar-refractivity contribution is 8.24. The molecule has 1 heterocycles. The van der Waals surface area contributed by atoms with Gasteiger partial charge in [0.05, 0.1) is 82.5 Å². The first-order chi connectivity index (χ1) is 39.6. The normalized spacial score (nSPS) is 22.8. The molecule has 0 spiro atoms. The van der Waals surface area contributed by atoms with Gasteiger partial charge in [-0.05, 0) is 141 Å². The van der Waals surface area contributed by atoms with E-state index >= 15 is 0 Å². The molecule has 1 aliphatic heterocycles. The van der Waals surface area contributed by atoms with Crippen LogP contribution in [0.2, 0.25) is 0 Å². The molecule has 4 saturated carbocycles. The van der Waals surface area contributed by atoms with Gasteiger partial charge in [-0.3, -0.25) is 33.6 Å². The number of unbranched alkanes of at least 4 members (excludes halogenated alkanes) is 2. The summed E-state index contributed by atoms with van der Waals surface area (Å²) in [5.41, 5.74) is -0.398. The molecule has 0 aromatic heterocycles. The minimum atomic E-state index is -0.995. The summed E-state index contributed by atoms with van der Waals surface area (Å²) in [5.74, 6) is -7.33. The van der Waals surface area contributed by atoms with Crippen molar-refractivity contribution >= 4 is 83.2 Å². The predicted molar refractivity (Wildman–Crippen MR) is 292 cm³/mol. The van der Waals surface area contributed by atoms with Gasteiger partial charge in [0.1, 0.15) is 36.9 Å². The Morgan fingerprint density at radius 2 is 0.732 bits per heavy atom. The lowest BCUT2D eigenvalue weighted by Gasteiger charge is -2.30. The number of esters is 10. The van der Waals surface area contributed by atoms with Crippen molar-refractivity contribution in [3.8, 4) is 11.5 Å². The fraction of sp³-hybridized carbons (Fsp3) is 0.576. The minimum absolute atomic E-state index is 0.106. The number of benzene rings is 1. The van der Waals surface area contributed by atoms with E-state index in [9.17, 15) is 47.9 Å². The third kappa shape index (κ3) is 19.6. The van der Waals surface area contributed by atoms with Crippen LogP contribution in [0.5, 0.6) is 11.5 Å². The van der Waals surface area contributed by atoms with Gasteiger partial charge in [0, 0.05) is 18.2 Å². The lowest BCUT2D eigenvalue weighted by molar-refractivity contribution is -0.161. The molecular weight excluding hydrogens is 1110 g/mol. The number of carbonyl (C=O) groups excluding carboxylic acids is 10. The second-order valence-electron chi connectivity index (χ2n) is 20.4. The molecule has 21 nitrogen and oxygen atoms in total. The Balaban J connectivity index is 0.980. The summed E-state index contributed by atoms with van der Waals surface area (Å²) in [6.45, 7) is 18.1.